The minimum absolute atomic E-state index is 0.000795. The highest BCUT2D eigenvalue weighted by Crippen LogP contribution is 2.12. The van der Waals surface area contributed by atoms with Gasteiger partial charge >= 0.3 is 5.97 Å². The topological polar surface area (TPSA) is 104 Å². The zero-order chi connectivity index (χ0) is 13.9. The van der Waals surface area contributed by atoms with Crippen LogP contribution in [0.2, 0.25) is 0 Å². The monoisotopic (exact) mass is 256 g/mol. The van der Waals surface area contributed by atoms with Gasteiger partial charge in [0.15, 0.2) is 0 Å². The lowest BCUT2D eigenvalue weighted by Crippen LogP contribution is -2.50. The van der Waals surface area contributed by atoms with Crippen molar-refractivity contribution in [3.63, 3.8) is 0 Å². The van der Waals surface area contributed by atoms with Crippen LogP contribution in [0.15, 0.2) is 0 Å². The van der Waals surface area contributed by atoms with Gasteiger partial charge in [-0.05, 0) is 13.8 Å². The highest BCUT2D eigenvalue weighted by atomic mass is 16.4. The molecule has 18 heavy (non-hydrogen) atoms. The summed E-state index contributed by atoms with van der Waals surface area (Å²) >= 11 is 0. The number of hydrogen-bond donors (Lipinski definition) is 2. The van der Waals surface area contributed by atoms with Crippen LogP contribution in [0.3, 0.4) is 0 Å². The summed E-state index contributed by atoms with van der Waals surface area (Å²) in [5.74, 6) is -2.23. The first-order valence-electron chi connectivity index (χ1n) is 5.61. The van der Waals surface area contributed by atoms with Gasteiger partial charge in [-0.3, -0.25) is 19.3 Å². The Morgan fingerprint density at radius 2 is 1.78 bits per heavy atom. The van der Waals surface area contributed by atoms with Crippen molar-refractivity contribution in [2.45, 2.75) is 38.6 Å². The predicted molar refractivity (Wildman–Crippen MR) is 60.4 cm³/mol. The summed E-state index contributed by atoms with van der Waals surface area (Å²) in [7, 11) is 0. The van der Waals surface area contributed by atoms with Crippen molar-refractivity contribution in [2.24, 2.45) is 0 Å². The van der Waals surface area contributed by atoms with Crippen molar-refractivity contribution in [1.82, 2.24) is 10.2 Å². The van der Waals surface area contributed by atoms with Crippen molar-refractivity contribution < 1.29 is 24.3 Å². The molecule has 1 fully saturated rings. The molecule has 3 amide bonds. The molecule has 0 radical (unpaired) electrons. The maximum Gasteiger partial charge on any atom is 0.328 e. The molecular formula is C11H16N2O5. The number of rotatable bonds is 5. The first-order chi connectivity index (χ1) is 8.24. The number of nitrogens with one attached hydrogen (secondary N) is 1. The smallest absolute Gasteiger partial charge is 0.328 e. The molecule has 0 unspecified atom stereocenters. The van der Waals surface area contributed by atoms with E-state index >= 15 is 0 Å². The van der Waals surface area contributed by atoms with Crippen molar-refractivity contribution in [3.05, 3.63) is 0 Å². The summed E-state index contributed by atoms with van der Waals surface area (Å²) in [6.07, 6.45) is 0.274. The molecule has 7 nitrogen and oxygen atoms in total. The molecule has 2 N–H and O–H groups in total. The van der Waals surface area contributed by atoms with E-state index in [0.29, 0.717) is 0 Å². The Morgan fingerprint density at radius 1 is 1.28 bits per heavy atom. The quantitative estimate of drug-likeness (QED) is 0.646. The molecule has 1 saturated heterocycles. The highest BCUT2D eigenvalue weighted by Gasteiger charge is 2.31. The second-order valence-electron chi connectivity index (χ2n) is 4.67. The lowest BCUT2D eigenvalue weighted by molar-refractivity contribution is -0.146. The number of hydrogen-bond acceptors (Lipinski definition) is 4. The zero-order valence-corrected chi connectivity index (χ0v) is 10.4. The summed E-state index contributed by atoms with van der Waals surface area (Å²) in [4.78, 5) is 45.9. The molecule has 0 spiro atoms. The van der Waals surface area contributed by atoms with E-state index in [1.165, 1.54) is 13.8 Å². The van der Waals surface area contributed by atoms with Gasteiger partial charge in [-0.25, -0.2) is 4.79 Å². The standard InChI is InChI=1S/C11H16N2O5/c1-11(2,10(17)18)12-7(14)5-6-13-8(15)3-4-9(13)16/h3-6H2,1-2H3,(H,12,14)(H,17,18). The Kier molecular flexibility index (Phi) is 4.05. The third kappa shape index (κ3) is 3.28. The molecule has 1 rings (SSSR count). The van der Waals surface area contributed by atoms with Gasteiger partial charge < -0.3 is 10.4 Å². The average Bonchev–Trinajstić information content (AvgIpc) is 2.55. The fraction of sp³-hybridized carbons (Fsp3) is 0.636. The number of amides is 3. The Bertz CT molecular complexity index is 386. The third-order valence-corrected chi connectivity index (χ3v) is 2.70. The fourth-order valence-electron chi connectivity index (χ4n) is 1.55. The third-order valence-electron chi connectivity index (χ3n) is 2.70. The minimum Gasteiger partial charge on any atom is -0.480 e. The van der Waals surface area contributed by atoms with Gasteiger partial charge in [-0.2, -0.15) is 0 Å². The molecule has 0 aliphatic carbocycles. The first-order valence-corrected chi connectivity index (χ1v) is 5.61. The van der Waals surface area contributed by atoms with E-state index in [-0.39, 0.29) is 37.6 Å². The Balaban J connectivity index is 2.45. The minimum atomic E-state index is -1.36. The van der Waals surface area contributed by atoms with E-state index in [1.54, 1.807) is 0 Å². The number of imide groups is 1. The van der Waals surface area contributed by atoms with Crippen LogP contribution in [-0.4, -0.2) is 45.8 Å². The van der Waals surface area contributed by atoms with Crippen molar-refractivity contribution in [3.8, 4) is 0 Å². The Morgan fingerprint density at radius 3 is 2.22 bits per heavy atom. The van der Waals surface area contributed by atoms with Gasteiger partial charge in [0.1, 0.15) is 5.54 Å². The summed E-state index contributed by atoms with van der Waals surface area (Å²) < 4.78 is 0. The average molecular weight is 256 g/mol. The maximum atomic E-state index is 11.5. The van der Waals surface area contributed by atoms with Crippen LogP contribution >= 0.6 is 0 Å². The Labute approximate surface area is 104 Å². The number of carboxylic acid groups (broad SMARTS) is 1. The maximum absolute atomic E-state index is 11.5. The molecule has 0 aromatic rings. The molecule has 0 saturated carbocycles. The van der Waals surface area contributed by atoms with Gasteiger partial charge in [-0.1, -0.05) is 0 Å². The molecule has 1 aliphatic heterocycles. The summed E-state index contributed by atoms with van der Waals surface area (Å²) in [5.41, 5.74) is -1.36. The van der Waals surface area contributed by atoms with Crippen molar-refractivity contribution in [2.75, 3.05) is 6.54 Å². The van der Waals surface area contributed by atoms with Crippen LogP contribution < -0.4 is 5.32 Å². The van der Waals surface area contributed by atoms with Crippen molar-refractivity contribution in [1.29, 1.82) is 0 Å². The van der Waals surface area contributed by atoms with Crippen LogP contribution in [0.4, 0.5) is 0 Å². The summed E-state index contributed by atoms with van der Waals surface area (Å²) in [6.45, 7) is 2.72. The number of carbonyl (C=O) groups is 4. The largest absolute Gasteiger partial charge is 0.480 e. The molecule has 100 valence electrons. The van der Waals surface area contributed by atoms with E-state index in [1.807, 2.05) is 0 Å². The second kappa shape index (κ2) is 5.16. The molecule has 0 aromatic heterocycles. The lowest BCUT2D eigenvalue weighted by Gasteiger charge is -2.21. The van der Waals surface area contributed by atoms with Crippen LogP contribution in [0, 0.1) is 0 Å². The molecule has 7 heteroatoms. The number of carbonyl (C=O) groups excluding carboxylic acids is 3. The van der Waals surface area contributed by atoms with E-state index in [4.69, 9.17) is 5.11 Å². The van der Waals surface area contributed by atoms with E-state index < -0.39 is 17.4 Å². The van der Waals surface area contributed by atoms with Crippen LogP contribution in [0.5, 0.6) is 0 Å². The van der Waals surface area contributed by atoms with E-state index in [0.717, 1.165) is 4.90 Å². The predicted octanol–water partition coefficient (Wildman–Crippen LogP) is -0.495. The van der Waals surface area contributed by atoms with Crippen LogP contribution in [-0.2, 0) is 19.2 Å². The zero-order valence-electron chi connectivity index (χ0n) is 10.4. The molecule has 1 heterocycles. The van der Waals surface area contributed by atoms with Gasteiger partial charge in [0, 0.05) is 25.8 Å². The van der Waals surface area contributed by atoms with Gasteiger partial charge in [0.2, 0.25) is 17.7 Å². The number of likely N-dealkylation sites (tertiary alicyclic amines) is 1. The van der Waals surface area contributed by atoms with Gasteiger partial charge in [-0.15, -0.1) is 0 Å². The number of nitrogens with zero attached hydrogens (tertiary/aromatic N) is 1. The van der Waals surface area contributed by atoms with E-state index in [9.17, 15) is 19.2 Å². The second-order valence-corrected chi connectivity index (χ2v) is 4.67. The lowest BCUT2D eigenvalue weighted by atomic mass is 10.1. The number of carboxylic acids is 1. The molecule has 0 bridgehead atoms. The molecule has 1 aliphatic rings. The van der Waals surface area contributed by atoms with E-state index in [2.05, 4.69) is 5.32 Å². The van der Waals surface area contributed by atoms with Crippen molar-refractivity contribution >= 4 is 23.7 Å². The van der Waals surface area contributed by atoms with Crippen LogP contribution in [0.25, 0.3) is 0 Å². The van der Waals surface area contributed by atoms with Gasteiger partial charge in [0.25, 0.3) is 0 Å². The highest BCUT2D eigenvalue weighted by molar-refractivity contribution is 6.02. The summed E-state index contributed by atoms with van der Waals surface area (Å²) in [6, 6.07) is 0. The Hall–Kier alpha value is -1.92. The molecule has 0 aromatic carbocycles. The van der Waals surface area contributed by atoms with Gasteiger partial charge in [0.05, 0.1) is 0 Å². The molecular weight excluding hydrogens is 240 g/mol. The fourth-order valence-corrected chi connectivity index (χ4v) is 1.55. The molecule has 0 atom stereocenters. The first kappa shape index (κ1) is 14.1. The van der Waals surface area contributed by atoms with Crippen LogP contribution in [0.1, 0.15) is 33.1 Å². The number of aliphatic carboxylic acids is 1. The SMILES string of the molecule is CC(C)(NC(=O)CCN1C(=O)CCC1=O)C(=O)O. The normalized spacial score (nSPS) is 16.0. The summed E-state index contributed by atoms with van der Waals surface area (Å²) in [5, 5.41) is 11.1.